The molecule has 0 radical (unpaired) electrons. The monoisotopic (exact) mass is 572 g/mol. The summed E-state index contributed by atoms with van der Waals surface area (Å²) in [7, 11) is 5.66. The number of oxazole rings is 1. The molecule has 11 nitrogen and oxygen atoms in total. The van der Waals surface area contributed by atoms with E-state index in [4.69, 9.17) is 18.6 Å². The highest BCUT2D eigenvalue weighted by Crippen LogP contribution is 2.47. The number of rotatable bonds is 16. The molecular weight excluding hydrogens is 528 g/mol. The minimum Gasteiger partial charge on any atom is -0.493 e. The number of ether oxygens (including phenoxy) is 3. The van der Waals surface area contributed by atoms with Crippen molar-refractivity contribution in [3.8, 4) is 17.2 Å². The molecule has 3 atom stereocenters. The van der Waals surface area contributed by atoms with Gasteiger partial charge in [-0.15, -0.1) is 0 Å². The summed E-state index contributed by atoms with van der Waals surface area (Å²) >= 11 is 0. The van der Waals surface area contributed by atoms with Crippen molar-refractivity contribution in [2.75, 3.05) is 60.7 Å². The number of amides is 1. The van der Waals surface area contributed by atoms with Crippen LogP contribution < -0.4 is 14.2 Å². The topological polar surface area (TPSA) is 118 Å². The molecule has 3 heterocycles. The summed E-state index contributed by atoms with van der Waals surface area (Å²) in [5, 5.41) is 10.5. The first-order valence-electron chi connectivity index (χ1n) is 14.6. The summed E-state index contributed by atoms with van der Waals surface area (Å²) in [6.07, 6.45) is 7.96. The molecule has 2 aromatic rings. The Hall–Kier alpha value is -3.31. The number of carbonyl (C=O) groups is 2. The van der Waals surface area contributed by atoms with E-state index in [1.165, 1.54) is 6.26 Å². The molecule has 226 valence electrons. The zero-order chi connectivity index (χ0) is 29.4. The van der Waals surface area contributed by atoms with Crippen molar-refractivity contribution in [3.05, 3.63) is 36.0 Å². The number of aryl methyl sites for hydroxylation is 1. The molecule has 1 fully saturated rings. The second kappa shape index (κ2) is 14.5. The molecule has 11 heteroatoms. The van der Waals surface area contributed by atoms with Crippen LogP contribution in [0.2, 0.25) is 0 Å². The van der Waals surface area contributed by atoms with Crippen LogP contribution >= 0.6 is 0 Å². The lowest BCUT2D eigenvalue weighted by molar-refractivity contribution is -0.143. The molecule has 0 aliphatic carbocycles. The number of unbranched alkanes of at least 4 members (excludes halogenated alkanes) is 2. The summed E-state index contributed by atoms with van der Waals surface area (Å²) in [5.74, 6) is 0.150. The van der Waals surface area contributed by atoms with E-state index in [0.29, 0.717) is 55.6 Å². The number of carbonyl (C=O) groups excluding carboxylic acids is 1. The Balaban J connectivity index is 1.58. The van der Waals surface area contributed by atoms with Crippen molar-refractivity contribution in [1.82, 2.24) is 19.7 Å². The van der Waals surface area contributed by atoms with Crippen molar-refractivity contribution < 1.29 is 33.3 Å². The van der Waals surface area contributed by atoms with E-state index < -0.39 is 11.9 Å². The lowest BCUT2D eigenvalue weighted by Gasteiger charge is -2.29. The van der Waals surface area contributed by atoms with Gasteiger partial charge in [0.25, 0.3) is 0 Å². The van der Waals surface area contributed by atoms with Crippen LogP contribution in [0, 0.1) is 5.92 Å². The summed E-state index contributed by atoms with van der Waals surface area (Å²) in [6.45, 7) is 5.18. The van der Waals surface area contributed by atoms with E-state index in [1.54, 1.807) is 13.3 Å². The third-order valence-corrected chi connectivity index (χ3v) is 8.04. The maximum atomic E-state index is 13.7. The van der Waals surface area contributed by atoms with Crippen LogP contribution in [-0.2, 0) is 16.0 Å². The minimum atomic E-state index is -0.898. The standard InChI is InChI=1S/C30H44N4O7/c1-5-6-13-33(14-8-7-12-32(2)3)27(35)19-34-18-22(21-16-24(38-4)29-25(17-21)40-20-41-29)28(30(36)37)23(34)9-10-26-31-11-15-39-26/h11,15-17,22-23,28H,5-10,12-14,18-20H2,1-4H3,(H,36,37)/t22?,23-,28+/m1/s1. The normalized spacial score (nSPS) is 20.1. The molecule has 1 aromatic carbocycles. The van der Waals surface area contributed by atoms with Gasteiger partial charge in [-0.1, -0.05) is 13.3 Å². The molecule has 1 N–H and O–H groups in total. The van der Waals surface area contributed by atoms with E-state index in [1.807, 2.05) is 21.9 Å². The predicted molar refractivity (Wildman–Crippen MR) is 152 cm³/mol. The van der Waals surface area contributed by atoms with Gasteiger partial charge >= 0.3 is 5.97 Å². The summed E-state index contributed by atoms with van der Waals surface area (Å²) in [6, 6.07) is 3.30. The highest BCUT2D eigenvalue weighted by molar-refractivity contribution is 5.79. The number of fused-ring (bicyclic) bond motifs is 1. The fraction of sp³-hybridized carbons (Fsp3) is 0.633. The second-order valence-corrected chi connectivity index (χ2v) is 11.1. The molecule has 0 saturated carbocycles. The Morgan fingerprint density at radius 1 is 1.15 bits per heavy atom. The quantitative estimate of drug-likeness (QED) is 0.300. The average molecular weight is 573 g/mol. The SMILES string of the molecule is CCCCN(CCCCN(C)C)C(=O)CN1CC(c2cc(OC)c3c(c2)OCO3)[C@H](C(=O)O)[C@H]1CCc1ncco1. The number of carboxylic acids is 1. The fourth-order valence-corrected chi connectivity index (χ4v) is 5.92. The largest absolute Gasteiger partial charge is 0.493 e. The zero-order valence-corrected chi connectivity index (χ0v) is 24.7. The molecule has 41 heavy (non-hydrogen) atoms. The molecule has 0 bridgehead atoms. The molecule has 2 aliphatic rings. The van der Waals surface area contributed by atoms with Crippen LogP contribution in [0.5, 0.6) is 17.2 Å². The van der Waals surface area contributed by atoms with Gasteiger partial charge in [-0.3, -0.25) is 14.5 Å². The van der Waals surface area contributed by atoms with Crippen LogP contribution in [0.25, 0.3) is 0 Å². The fourth-order valence-electron chi connectivity index (χ4n) is 5.92. The predicted octanol–water partition coefficient (Wildman–Crippen LogP) is 3.48. The van der Waals surface area contributed by atoms with Gasteiger partial charge in [0, 0.05) is 38.0 Å². The molecule has 1 unspecified atom stereocenters. The van der Waals surface area contributed by atoms with Gasteiger partial charge in [0.15, 0.2) is 17.4 Å². The van der Waals surface area contributed by atoms with Gasteiger partial charge in [-0.2, -0.15) is 0 Å². The zero-order valence-electron chi connectivity index (χ0n) is 24.7. The molecule has 1 aromatic heterocycles. The Labute approximate surface area is 242 Å². The van der Waals surface area contributed by atoms with E-state index in [9.17, 15) is 14.7 Å². The van der Waals surface area contributed by atoms with Crippen LogP contribution in [0.3, 0.4) is 0 Å². The number of likely N-dealkylation sites (tertiary alicyclic amines) is 1. The third-order valence-electron chi connectivity index (χ3n) is 8.04. The van der Waals surface area contributed by atoms with Gasteiger partial charge in [0.05, 0.1) is 25.8 Å². The van der Waals surface area contributed by atoms with Crippen LogP contribution in [-0.4, -0.2) is 103 Å². The highest BCUT2D eigenvalue weighted by Gasteiger charge is 2.47. The van der Waals surface area contributed by atoms with E-state index >= 15 is 0 Å². The van der Waals surface area contributed by atoms with Gasteiger partial charge in [0.2, 0.25) is 18.4 Å². The third kappa shape index (κ3) is 7.71. The highest BCUT2D eigenvalue weighted by atomic mass is 16.7. The minimum absolute atomic E-state index is 0.0393. The summed E-state index contributed by atoms with van der Waals surface area (Å²) in [4.78, 5) is 36.9. The number of methoxy groups -OCH3 is 1. The van der Waals surface area contributed by atoms with E-state index in [0.717, 1.165) is 37.8 Å². The van der Waals surface area contributed by atoms with E-state index in [-0.39, 0.29) is 31.2 Å². The summed E-state index contributed by atoms with van der Waals surface area (Å²) in [5.41, 5.74) is 0.793. The first kappa shape index (κ1) is 30.6. The number of aromatic nitrogens is 1. The number of hydrogen-bond donors (Lipinski definition) is 1. The maximum Gasteiger partial charge on any atom is 0.308 e. The van der Waals surface area contributed by atoms with Crippen LogP contribution in [0.4, 0.5) is 0 Å². The smallest absolute Gasteiger partial charge is 0.308 e. The lowest BCUT2D eigenvalue weighted by atomic mass is 9.83. The van der Waals surface area contributed by atoms with Crippen LogP contribution in [0.15, 0.2) is 29.0 Å². The number of benzene rings is 1. The number of hydrogen-bond acceptors (Lipinski definition) is 9. The Kier molecular flexibility index (Phi) is 10.9. The number of nitrogens with zero attached hydrogens (tertiary/aromatic N) is 4. The Bertz CT molecular complexity index is 1140. The van der Waals surface area contributed by atoms with Crippen molar-refractivity contribution in [2.24, 2.45) is 5.92 Å². The molecule has 2 aliphatic heterocycles. The Morgan fingerprint density at radius 2 is 1.93 bits per heavy atom. The van der Waals surface area contributed by atoms with Gasteiger partial charge in [0.1, 0.15) is 6.26 Å². The molecule has 4 rings (SSSR count). The number of carboxylic acid groups (broad SMARTS) is 1. The first-order chi connectivity index (χ1) is 19.8. The summed E-state index contributed by atoms with van der Waals surface area (Å²) < 4.78 is 22.2. The molecular formula is C30H44N4O7. The average Bonchev–Trinajstić information content (AvgIpc) is 3.70. The lowest BCUT2D eigenvalue weighted by Crippen LogP contribution is -2.45. The molecule has 1 amide bonds. The molecule has 0 spiro atoms. The van der Waals surface area contributed by atoms with Gasteiger partial charge < -0.3 is 33.5 Å². The van der Waals surface area contributed by atoms with Crippen LogP contribution in [0.1, 0.15) is 56.4 Å². The molecule has 1 saturated heterocycles. The van der Waals surface area contributed by atoms with Gasteiger partial charge in [-0.25, -0.2) is 4.98 Å². The van der Waals surface area contributed by atoms with Crippen molar-refractivity contribution >= 4 is 11.9 Å². The second-order valence-electron chi connectivity index (χ2n) is 11.1. The van der Waals surface area contributed by atoms with Crippen molar-refractivity contribution in [2.45, 2.75) is 57.4 Å². The maximum absolute atomic E-state index is 13.7. The van der Waals surface area contributed by atoms with Crippen molar-refractivity contribution in [3.63, 3.8) is 0 Å². The Morgan fingerprint density at radius 3 is 2.61 bits per heavy atom. The van der Waals surface area contributed by atoms with Gasteiger partial charge in [-0.05, 0) is 64.0 Å². The number of aliphatic carboxylic acids is 1. The first-order valence-corrected chi connectivity index (χ1v) is 14.6. The van der Waals surface area contributed by atoms with Crippen molar-refractivity contribution in [1.29, 1.82) is 0 Å². The van der Waals surface area contributed by atoms with E-state index in [2.05, 4.69) is 30.9 Å².